The Morgan fingerprint density at radius 2 is 2.12 bits per heavy atom. The lowest BCUT2D eigenvalue weighted by atomic mass is 10.1. The number of hydrogen-bond donors (Lipinski definition) is 2. The molecule has 0 rings (SSSR count). The fraction of sp³-hybridized carbons (Fsp3) is 0.800. The minimum atomic E-state index is -0.953. The maximum atomic E-state index is 10.1. The summed E-state index contributed by atoms with van der Waals surface area (Å²) in [5, 5.41) is 8.89. The molecule has 0 aromatic heterocycles. The normalized spacial score (nSPS) is 11.4. The van der Waals surface area contributed by atoms with Gasteiger partial charge in [-0.25, -0.2) is 0 Å². The van der Waals surface area contributed by atoms with E-state index in [-0.39, 0.29) is 6.42 Å². The van der Waals surface area contributed by atoms with Gasteiger partial charge < -0.3 is 10.8 Å². The van der Waals surface area contributed by atoms with Crippen molar-refractivity contribution in [1.82, 2.24) is 0 Å². The fourth-order valence-electron chi connectivity index (χ4n) is 0.426. The summed E-state index contributed by atoms with van der Waals surface area (Å²) in [6.07, 6.45) is 0.0208. The summed E-state index contributed by atoms with van der Waals surface area (Å²) in [4.78, 5) is 10.1. The lowest BCUT2D eigenvalue weighted by molar-refractivity contribution is -0.121. The first kappa shape index (κ1) is 7.43. The van der Waals surface area contributed by atoms with Crippen LogP contribution in [0.5, 0.6) is 0 Å². The van der Waals surface area contributed by atoms with Crippen molar-refractivity contribution in [2.45, 2.75) is 25.9 Å². The number of amides is 1. The summed E-state index contributed by atoms with van der Waals surface area (Å²) >= 11 is 0. The third-order valence-corrected chi connectivity index (χ3v) is 0.607. The van der Waals surface area contributed by atoms with Crippen LogP contribution in [0.1, 0.15) is 20.3 Å². The van der Waals surface area contributed by atoms with Crippen molar-refractivity contribution in [3.63, 3.8) is 0 Å². The third-order valence-electron chi connectivity index (χ3n) is 0.607. The Bertz CT molecular complexity index is 93.1. The molecule has 0 spiro atoms. The molecular formula is C5H11NO2. The van der Waals surface area contributed by atoms with Gasteiger partial charge in [0.15, 0.2) is 0 Å². The first-order valence-electron chi connectivity index (χ1n) is 2.42. The molecule has 0 radical (unpaired) electrons. The molecule has 3 heteroatoms. The second kappa shape index (κ2) is 2.13. The van der Waals surface area contributed by atoms with E-state index in [2.05, 4.69) is 0 Å². The molecule has 0 aromatic carbocycles. The molecule has 0 atom stereocenters. The highest BCUT2D eigenvalue weighted by molar-refractivity contribution is 5.74. The minimum Gasteiger partial charge on any atom is -0.390 e. The van der Waals surface area contributed by atoms with Gasteiger partial charge in [-0.05, 0) is 13.8 Å². The Balaban J connectivity index is 3.55. The van der Waals surface area contributed by atoms with Gasteiger partial charge >= 0.3 is 0 Å². The largest absolute Gasteiger partial charge is 0.390 e. The SMILES string of the molecule is CC(C)(O)CC(N)=O. The van der Waals surface area contributed by atoms with Crippen LogP contribution in [-0.4, -0.2) is 16.6 Å². The lowest BCUT2D eigenvalue weighted by Gasteiger charge is -2.12. The highest BCUT2D eigenvalue weighted by atomic mass is 16.3. The smallest absolute Gasteiger partial charge is 0.220 e. The number of hydrogen-bond acceptors (Lipinski definition) is 2. The van der Waals surface area contributed by atoms with E-state index in [0.29, 0.717) is 0 Å². The zero-order chi connectivity index (χ0) is 6.78. The predicted octanol–water partition coefficient (Wildman–Crippen LogP) is -0.367. The number of carbonyl (C=O) groups is 1. The van der Waals surface area contributed by atoms with Crippen molar-refractivity contribution < 1.29 is 9.90 Å². The number of primary amides is 1. The molecule has 8 heavy (non-hydrogen) atoms. The Morgan fingerprint density at radius 3 is 2.12 bits per heavy atom. The van der Waals surface area contributed by atoms with Gasteiger partial charge in [0, 0.05) is 0 Å². The summed E-state index contributed by atoms with van der Waals surface area (Å²) < 4.78 is 0. The molecule has 0 bridgehead atoms. The number of nitrogens with two attached hydrogens (primary N) is 1. The van der Waals surface area contributed by atoms with Crippen LogP contribution in [0.4, 0.5) is 0 Å². The van der Waals surface area contributed by atoms with E-state index in [1.54, 1.807) is 0 Å². The van der Waals surface area contributed by atoms with Crippen LogP contribution in [0.25, 0.3) is 0 Å². The van der Waals surface area contributed by atoms with E-state index < -0.39 is 11.5 Å². The van der Waals surface area contributed by atoms with Crippen molar-refractivity contribution in [2.75, 3.05) is 0 Å². The van der Waals surface area contributed by atoms with Gasteiger partial charge in [-0.15, -0.1) is 0 Å². The van der Waals surface area contributed by atoms with Crippen molar-refractivity contribution in [1.29, 1.82) is 0 Å². The van der Waals surface area contributed by atoms with Crippen molar-refractivity contribution in [3.8, 4) is 0 Å². The average Bonchev–Trinajstić information content (AvgIpc) is 1.21. The highest BCUT2D eigenvalue weighted by Gasteiger charge is 2.14. The van der Waals surface area contributed by atoms with Gasteiger partial charge in [-0.3, -0.25) is 4.79 Å². The van der Waals surface area contributed by atoms with E-state index in [1.807, 2.05) is 0 Å². The minimum absolute atomic E-state index is 0.0208. The summed E-state index contributed by atoms with van der Waals surface area (Å²) in [5.41, 5.74) is 3.83. The predicted molar refractivity (Wildman–Crippen MR) is 30.1 cm³/mol. The standard InChI is InChI=1S/C5H11NO2/c1-5(2,8)3-4(6)7/h8H,3H2,1-2H3,(H2,6,7). The van der Waals surface area contributed by atoms with Gasteiger partial charge in [-0.1, -0.05) is 0 Å². The zero-order valence-electron chi connectivity index (χ0n) is 5.14. The van der Waals surface area contributed by atoms with Crippen LogP contribution in [0.15, 0.2) is 0 Å². The van der Waals surface area contributed by atoms with E-state index in [4.69, 9.17) is 10.8 Å². The molecule has 0 saturated carbocycles. The molecule has 1 amide bonds. The molecule has 0 aromatic rings. The van der Waals surface area contributed by atoms with Crippen LogP contribution in [0, 0.1) is 0 Å². The lowest BCUT2D eigenvalue weighted by Crippen LogP contribution is -2.27. The summed E-state index contributed by atoms with van der Waals surface area (Å²) in [5.74, 6) is -0.475. The van der Waals surface area contributed by atoms with Gasteiger partial charge in [0.1, 0.15) is 0 Å². The summed E-state index contributed by atoms with van der Waals surface area (Å²) in [6.45, 7) is 3.08. The maximum absolute atomic E-state index is 10.1. The topological polar surface area (TPSA) is 63.3 Å². The zero-order valence-corrected chi connectivity index (χ0v) is 5.14. The van der Waals surface area contributed by atoms with E-state index in [0.717, 1.165) is 0 Å². The molecular weight excluding hydrogens is 106 g/mol. The van der Waals surface area contributed by atoms with Gasteiger partial charge in [0.05, 0.1) is 12.0 Å². The van der Waals surface area contributed by atoms with Crippen LogP contribution < -0.4 is 5.73 Å². The van der Waals surface area contributed by atoms with Gasteiger partial charge in [-0.2, -0.15) is 0 Å². The molecule has 0 unspecified atom stereocenters. The van der Waals surface area contributed by atoms with Crippen LogP contribution in [0.3, 0.4) is 0 Å². The van der Waals surface area contributed by atoms with Gasteiger partial charge in [0.2, 0.25) is 5.91 Å². The molecule has 0 aliphatic heterocycles. The summed E-state index contributed by atoms with van der Waals surface area (Å²) in [7, 11) is 0. The molecule has 0 fully saturated rings. The quantitative estimate of drug-likeness (QED) is 0.518. The van der Waals surface area contributed by atoms with E-state index >= 15 is 0 Å². The van der Waals surface area contributed by atoms with Crippen molar-refractivity contribution in [2.24, 2.45) is 5.73 Å². The van der Waals surface area contributed by atoms with Crippen molar-refractivity contribution >= 4 is 5.91 Å². The Morgan fingerprint density at radius 1 is 1.75 bits per heavy atom. The molecule has 0 saturated heterocycles. The first-order valence-corrected chi connectivity index (χ1v) is 2.42. The monoisotopic (exact) mass is 117 g/mol. The number of carbonyl (C=O) groups excluding carboxylic acids is 1. The molecule has 3 N–H and O–H groups in total. The second-order valence-corrected chi connectivity index (χ2v) is 2.46. The highest BCUT2D eigenvalue weighted by Crippen LogP contribution is 2.04. The molecule has 0 aliphatic rings. The first-order chi connectivity index (χ1) is 3.42. The Kier molecular flexibility index (Phi) is 1.98. The molecule has 3 nitrogen and oxygen atoms in total. The second-order valence-electron chi connectivity index (χ2n) is 2.46. The van der Waals surface area contributed by atoms with E-state index in [9.17, 15) is 4.79 Å². The Hall–Kier alpha value is -0.570. The summed E-state index contributed by atoms with van der Waals surface area (Å²) in [6, 6.07) is 0. The molecule has 48 valence electrons. The van der Waals surface area contributed by atoms with Crippen LogP contribution in [-0.2, 0) is 4.79 Å². The number of rotatable bonds is 2. The molecule has 0 aliphatic carbocycles. The maximum Gasteiger partial charge on any atom is 0.220 e. The van der Waals surface area contributed by atoms with E-state index in [1.165, 1.54) is 13.8 Å². The number of aliphatic hydroxyl groups is 1. The Labute approximate surface area is 48.5 Å². The average molecular weight is 117 g/mol. The fourth-order valence-corrected chi connectivity index (χ4v) is 0.426. The van der Waals surface area contributed by atoms with Crippen LogP contribution >= 0.6 is 0 Å². The van der Waals surface area contributed by atoms with Gasteiger partial charge in [0.25, 0.3) is 0 Å². The van der Waals surface area contributed by atoms with Crippen LogP contribution in [0.2, 0.25) is 0 Å². The molecule has 0 heterocycles. The third kappa shape index (κ3) is 5.43. The van der Waals surface area contributed by atoms with Crippen molar-refractivity contribution in [3.05, 3.63) is 0 Å².